The van der Waals surface area contributed by atoms with Crippen molar-refractivity contribution in [3.63, 3.8) is 0 Å². The van der Waals surface area contributed by atoms with Gasteiger partial charge in [0, 0.05) is 12.1 Å². The van der Waals surface area contributed by atoms with Crippen LogP contribution in [-0.4, -0.2) is 36.0 Å². The number of esters is 2. The first-order valence-electron chi connectivity index (χ1n) is 8.56. The van der Waals surface area contributed by atoms with Gasteiger partial charge < -0.3 is 14.8 Å². The van der Waals surface area contributed by atoms with Gasteiger partial charge in [0.1, 0.15) is 0 Å². The summed E-state index contributed by atoms with van der Waals surface area (Å²) in [5.74, 6) is -2.10. The summed E-state index contributed by atoms with van der Waals surface area (Å²) in [6.45, 7) is 1.25. The zero-order valence-electron chi connectivity index (χ0n) is 15.5. The minimum atomic E-state index is -0.850. The van der Waals surface area contributed by atoms with Crippen molar-refractivity contribution in [1.82, 2.24) is 0 Å². The molecule has 150 valence electrons. The van der Waals surface area contributed by atoms with Gasteiger partial charge in [-0.25, -0.2) is 9.59 Å². The average molecular weight is 398 g/mol. The third-order valence-electron chi connectivity index (χ3n) is 3.57. The Labute approximate surface area is 166 Å². The van der Waals surface area contributed by atoms with Gasteiger partial charge in [0.05, 0.1) is 28.3 Å². The number of carbonyl (C=O) groups is 3. The maximum atomic E-state index is 12.0. The highest BCUT2D eigenvalue weighted by molar-refractivity contribution is 6.02. The molecule has 0 aromatic heterocycles. The van der Waals surface area contributed by atoms with Crippen molar-refractivity contribution in [2.24, 2.45) is 0 Å². The lowest BCUT2D eigenvalue weighted by molar-refractivity contribution is -0.385. The standard InChI is InChI=1S/C20H18N2O7/c1-2-28-20(25)15-8-4-5-9-16(15)21-18(23)13-29-19(24)12-11-14-7-3-6-10-17(14)22(26)27/h3-12H,2,13H2,1H3,(H,21,23)/b12-11+. The van der Waals surface area contributed by atoms with E-state index < -0.39 is 29.4 Å². The van der Waals surface area contributed by atoms with Crippen molar-refractivity contribution in [2.45, 2.75) is 6.92 Å². The van der Waals surface area contributed by atoms with Gasteiger partial charge in [0.2, 0.25) is 0 Å². The summed E-state index contributed by atoms with van der Waals surface area (Å²) in [5, 5.41) is 13.4. The molecule has 0 spiro atoms. The molecule has 0 bridgehead atoms. The highest BCUT2D eigenvalue weighted by Gasteiger charge is 2.15. The van der Waals surface area contributed by atoms with E-state index in [1.807, 2.05) is 0 Å². The van der Waals surface area contributed by atoms with Gasteiger partial charge in [-0.1, -0.05) is 24.3 Å². The minimum absolute atomic E-state index is 0.162. The molecule has 1 N–H and O–H groups in total. The zero-order chi connectivity index (χ0) is 21.2. The van der Waals surface area contributed by atoms with E-state index >= 15 is 0 Å². The molecule has 0 saturated carbocycles. The number of ether oxygens (including phenoxy) is 2. The second-order valence-electron chi connectivity index (χ2n) is 5.57. The second-order valence-corrected chi connectivity index (χ2v) is 5.57. The fourth-order valence-corrected chi connectivity index (χ4v) is 2.30. The fraction of sp³-hybridized carbons (Fsp3) is 0.150. The minimum Gasteiger partial charge on any atom is -0.462 e. The van der Waals surface area contributed by atoms with Gasteiger partial charge >= 0.3 is 11.9 Å². The van der Waals surface area contributed by atoms with Crippen LogP contribution in [0.1, 0.15) is 22.8 Å². The van der Waals surface area contributed by atoms with Crippen molar-refractivity contribution in [2.75, 3.05) is 18.5 Å². The molecule has 2 rings (SSSR count). The molecule has 1 amide bonds. The molecule has 0 heterocycles. The summed E-state index contributed by atoms with van der Waals surface area (Å²) in [4.78, 5) is 46.1. The molecule has 0 fully saturated rings. The highest BCUT2D eigenvalue weighted by atomic mass is 16.6. The summed E-state index contributed by atoms with van der Waals surface area (Å²) < 4.78 is 9.74. The van der Waals surface area contributed by atoms with Crippen LogP contribution in [0.3, 0.4) is 0 Å². The molecule has 0 radical (unpaired) electrons. The SMILES string of the molecule is CCOC(=O)c1ccccc1NC(=O)COC(=O)/C=C/c1ccccc1[N+](=O)[O-]. The van der Waals surface area contributed by atoms with Crippen molar-refractivity contribution in [3.05, 3.63) is 75.8 Å². The average Bonchev–Trinajstić information content (AvgIpc) is 2.71. The molecule has 9 nitrogen and oxygen atoms in total. The molecule has 9 heteroatoms. The van der Waals surface area contributed by atoms with Crippen LogP contribution in [0.4, 0.5) is 11.4 Å². The number of nitrogens with zero attached hydrogens (tertiary/aromatic N) is 1. The number of benzene rings is 2. The van der Waals surface area contributed by atoms with Crippen molar-refractivity contribution in [3.8, 4) is 0 Å². The number of hydrogen-bond donors (Lipinski definition) is 1. The number of anilines is 1. The number of carbonyl (C=O) groups excluding carboxylic acids is 3. The molecule has 2 aromatic rings. The highest BCUT2D eigenvalue weighted by Crippen LogP contribution is 2.19. The zero-order valence-corrected chi connectivity index (χ0v) is 15.5. The van der Waals surface area contributed by atoms with Gasteiger partial charge in [0.15, 0.2) is 6.61 Å². The Morgan fingerprint density at radius 1 is 1.07 bits per heavy atom. The van der Waals surface area contributed by atoms with E-state index in [4.69, 9.17) is 9.47 Å². The molecule has 0 atom stereocenters. The lowest BCUT2D eigenvalue weighted by Gasteiger charge is -2.10. The number of hydrogen-bond acceptors (Lipinski definition) is 7. The number of nitro benzene ring substituents is 1. The molecular weight excluding hydrogens is 380 g/mol. The van der Waals surface area contributed by atoms with E-state index in [0.29, 0.717) is 0 Å². The lowest BCUT2D eigenvalue weighted by atomic mass is 10.1. The Bertz CT molecular complexity index is 953. The van der Waals surface area contributed by atoms with E-state index in [1.54, 1.807) is 25.1 Å². The summed E-state index contributed by atoms with van der Waals surface area (Å²) in [5.41, 5.74) is 0.458. The van der Waals surface area contributed by atoms with E-state index in [1.165, 1.54) is 36.4 Å². The van der Waals surface area contributed by atoms with Crippen LogP contribution < -0.4 is 5.32 Å². The largest absolute Gasteiger partial charge is 0.462 e. The molecule has 0 unspecified atom stereocenters. The second kappa shape index (κ2) is 10.4. The molecule has 0 aliphatic rings. The van der Waals surface area contributed by atoms with Crippen LogP contribution in [0.15, 0.2) is 54.6 Å². The van der Waals surface area contributed by atoms with Gasteiger partial charge in [-0.2, -0.15) is 0 Å². The maximum absolute atomic E-state index is 12.0. The van der Waals surface area contributed by atoms with Crippen molar-refractivity contribution >= 4 is 35.3 Å². The van der Waals surface area contributed by atoms with E-state index in [0.717, 1.165) is 6.08 Å². The molecule has 0 aliphatic heterocycles. The Hall–Kier alpha value is -4.01. The molecular formula is C20H18N2O7. The van der Waals surface area contributed by atoms with E-state index in [9.17, 15) is 24.5 Å². The quantitative estimate of drug-likeness (QED) is 0.314. The van der Waals surface area contributed by atoms with E-state index in [2.05, 4.69) is 5.32 Å². The third-order valence-corrected chi connectivity index (χ3v) is 3.57. The van der Waals surface area contributed by atoms with Crippen LogP contribution >= 0.6 is 0 Å². The Morgan fingerprint density at radius 2 is 1.76 bits per heavy atom. The summed E-state index contributed by atoms with van der Waals surface area (Å²) in [7, 11) is 0. The number of para-hydroxylation sites is 2. The van der Waals surface area contributed by atoms with Crippen LogP contribution in [0, 0.1) is 10.1 Å². The fourth-order valence-electron chi connectivity index (χ4n) is 2.30. The lowest BCUT2D eigenvalue weighted by Crippen LogP contribution is -2.21. The smallest absolute Gasteiger partial charge is 0.340 e. The van der Waals surface area contributed by atoms with Gasteiger partial charge in [-0.05, 0) is 31.2 Å². The Kier molecular flexibility index (Phi) is 7.60. The number of amides is 1. The topological polar surface area (TPSA) is 125 Å². The molecule has 0 saturated heterocycles. The van der Waals surface area contributed by atoms with Crippen molar-refractivity contribution in [1.29, 1.82) is 0 Å². The van der Waals surface area contributed by atoms with Crippen LogP contribution in [0.5, 0.6) is 0 Å². The van der Waals surface area contributed by atoms with Crippen LogP contribution in [-0.2, 0) is 19.1 Å². The van der Waals surface area contributed by atoms with Gasteiger partial charge in [-0.15, -0.1) is 0 Å². The number of nitrogens with one attached hydrogen (secondary N) is 1. The summed E-state index contributed by atoms with van der Waals surface area (Å²) in [6, 6.07) is 12.1. The summed E-state index contributed by atoms with van der Waals surface area (Å²) >= 11 is 0. The van der Waals surface area contributed by atoms with Crippen LogP contribution in [0.25, 0.3) is 6.08 Å². The van der Waals surface area contributed by atoms with Gasteiger partial charge in [-0.3, -0.25) is 14.9 Å². The van der Waals surface area contributed by atoms with Crippen molar-refractivity contribution < 1.29 is 28.8 Å². The summed E-state index contributed by atoms with van der Waals surface area (Å²) in [6.07, 6.45) is 2.22. The normalized spacial score (nSPS) is 10.4. The first-order valence-corrected chi connectivity index (χ1v) is 8.56. The predicted molar refractivity (Wildman–Crippen MR) is 104 cm³/mol. The number of nitro groups is 1. The third kappa shape index (κ3) is 6.28. The number of rotatable bonds is 8. The first-order chi connectivity index (χ1) is 13.9. The van der Waals surface area contributed by atoms with E-state index in [-0.39, 0.29) is 29.1 Å². The van der Waals surface area contributed by atoms with Gasteiger partial charge in [0.25, 0.3) is 11.6 Å². The molecule has 0 aliphatic carbocycles. The Balaban J connectivity index is 1.94. The predicted octanol–water partition coefficient (Wildman–Crippen LogP) is 2.97. The molecule has 29 heavy (non-hydrogen) atoms. The first kappa shape index (κ1) is 21.3. The Morgan fingerprint density at radius 3 is 2.48 bits per heavy atom. The van der Waals surface area contributed by atoms with Crippen LogP contribution in [0.2, 0.25) is 0 Å². The maximum Gasteiger partial charge on any atom is 0.340 e. The monoisotopic (exact) mass is 398 g/mol. The molecule has 2 aromatic carbocycles.